The smallest absolute Gasteiger partial charge is 0.345 e. The van der Waals surface area contributed by atoms with Gasteiger partial charge < -0.3 is 9.64 Å². The van der Waals surface area contributed by atoms with Crippen LogP contribution in [-0.2, 0) is 14.4 Å². The molecule has 0 aromatic carbocycles. The van der Waals surface area contributed by atoms with Crippen LogP contribution in [0.1, 0.15) is 22.5 Å². The van der Waals surface area contributed by atoms with Crippen molar-refractivity contribution in [2.75, 3.05) is 20.3 Å². The molecule has 3 rings (SSSR count). The summed E-state index contributed by atoms with van der Waals surface area (Å²) >= 11 is 1.46. The van der Waals surface area contributed by atoms with Crippen LogP contribution >= 0.6 is 11.3 Å². The van der Waals surface area contributed by atoms with E-state index < -0.39 is 12.0 Å². The normalized spacial score (nSPS) is 23.8. The molecule has 2 aliphatic rings. The van der Waals surface area contributed by atoms with Crippen LogP contribution in [-0.4, -0.2) is 42.2 Å². The minimum absolute atomic E-state index is 0.176. The highest BCUT2D eigenvalue weighted by molar-refractivity contribution is 7.10. The fourth-order valence-electron chi connectivity index (χ4n) is 2.63. The molecule has 0 spiro atoms. The molecule has 1 aromatic heterocycles. The van der Waals surface area contributed by atoms with Gasteiger partial charge in [-0.3, -0.25) is 4.84 Å². The average molecular weight is 294 g/mol. The van der Waals surface area contributed by atoms with Crippen LogP contribution in [0.2, 0.25) is 0 Å². The highest BCUT2D eigenvalue weighted by atomic mass is 32.1. The Hall–Kier alpha value is -1.86. The zero-order chi connectivity index (χ0) is 14.3. The lowest BCUT2D eigenvalue weighted by Gasteiger charge is -2.28. The molecule has 0 N–H and O–H groups in total. The average Bonchev–Trinajstić information content (AvgIpc) is 3.03. The van der Waals surface area contributed by atoms with Crippen molar-refractivity contribution in [3.8, 4) is 0 Å². The molecule has 2 bridgehead atoms. The van der Waals surface area contributed by atoms with Gasteiger partial charge in [0.15, 0.2) is 6.04 Å². The summed E-state index contributed by atoms with van der Waals surface area (Å²) in [4.78, 5) is 32.2. The van der Waals surface area contributed by atoms with Gasteiger partial charge in [0.1, 0.15) is 6.04 Å². The largest absolute Gasteiger partial charge is 0.467 e. The van der Waals surface area contributed by atoms with Gasteiger partial charge in [0.05, 0.1) is 20.3 Å². The van der Waals surface area contributed by atoms with Crippen LogP contribution < -0.4 is 0 Å². The maximum Gasteiger partial charge on any atom is 0.345 e. The molecular formula is C13H14N2O4S. The van der Waals surface area contributed by atoms with Crippen molar-refractivity contribution in [1.29, 1.82) is 0 Å². The summed E-state index contributed by atoms with van der Waals surface area (Å²) in [6.07, 6.45) is 1.58. The quantitative estimate of drug-likeness (QED) is 0.628. The van der Waals surface area contributed by atoms with Crippen LogP contribution in [0.25, 0.3) is 0 Å². The minimum Gasteiger partial charge on any atom is -0.467 e. The van der Waals surface area contributed by atoms with Crippen molar-refractivity contribution in [2.45, 2.75) is 12.1 Å². The lowest BCUT2D eigenvalue weighted by atomic mass is 10.00. The molecule has 6 nitrogen and oxygen atoms in total. The van der Waals surface area contributed by atoms with Crippen LogP contribution in [0, 0.1) is 0 Å². The number of fused-ring (bicyclic) bond motifs is 4. The van der Waals surface area contributed by atoms with E-state index in [1.54, 1.807) is 6.08 Å². The molecular weight excluding hydrogens is 280 g/mol. The van der Waals surface area contributed by atoms with E-state index in [-0.39, 0.29) is 18.7 Å². The second kappa shape index (κ2) is 4.92. The fourth-order valence-corrected chi connectivity index (χ4v) is 3.69. The first-order valence-corrected chi connectivity index (χ1v) is 7.05. The number of hydrogen-bond donors (Lipinski definition) is 0. The molecule has 7 heteroatoms. The lowest BCUT2D eigenvalue weighted by Crippen LogP contribution is -2.38. The standard InChI is InChI=1S/C13H14N2O4S/c1-3-5-19-15-9-7-14(13(15)17)10(12(16)18-2)11-8(9)4-6-20-11/h3-4,6,9-10H,1,5,7H2,2H3/t9-,10?/m1/s1. The number of nitrogens with zero attached hydrogens (tertiary/aromatic N) is 2. The number of ether oxygens (including phenoxy) is 1. The number of urea groups is 1. The third kappa shape index (κ3) is 1.74. The fraction of sp³-hybridized carbons (Fsp3) is 0.385. The predicted octanol–water partition coefficient (Wildman–Crippen LogP) is 1.87. The first-order chi connectivity index (χ1) is 9.69. The molecule has 0 aliphatic carbocycles. The van der Waals surface area contributed by atoms with Crippen LogP contribution in [0.3, 0.4) is 0 Å². The molecule has 3 heterocycles. The summed E-state index contributed by atoms with van der Waals surface area (Å²) < 4.78 is 4.83. The Bertz CT molecular complexity index is 570. The molecule has 20 heavy (non-hydrogen) atoms. The molecule has 2 aliphatic heterocycles. The van der Waals surface area contributed by atoms with Gasteiger partial charge in [0.25, 0.3) is 0 Å². The van der Waals surface area contributed by atoms with Gasteiger partial charge in [0.2, 0.25) is 0 Å². The summed E-state index contributed by atoms with van der Waals surface area (Å²) in [6, 6.07) is 0.775. The number of hydrogen-bond acceptors (Lipinski definition) is 5. The molecule has 0 saturated carbocycles. The van der Waals surface area contributed by atoms with Gasteiger partial charge in [0, 0.05) is 4.88 Å². The van der Waals surface area contributed by atoms with Crippen LogP contribution in [0.15, 0.2) is 24.1 Å². The summed E-state index contributed by atoms with van der Waals surface area (Å²) in [6.45, 7) is 4.25. The summed E-state index contributed by atoms with van der Waals surface area (Å²) in [5.41, 5.74) is 0.955. The number of thiophene rings is 1. The number of amides is 2. The third-order valence-corrected chi connectivity index (χ3v) is 4.47. The van der Waals surface area contributed by atoms with Crippen molar-refractivity contribution in [3.63, 3.8) is 0 Å². The van der Waals surface area contributed by atoms with Crippen molar-refractivity contribution in [2.24, 2.45) is 0 Å². The molecule has 1 fully saturated rings. The van der Waals surface area contributed by atoms with Crippen LogP contribution in [0.5, 0.6) is 0 Å². The Balaban J connectivity index is 2.00. The number of hydroxylamine groups is 2. The third-order valence-electron chi connectivity index (χ3n) is 3.49. The number of carbonyl (C=O) groups excluding carboxylic acids is 2. The van der Waals surface area contributed by atoms with E-state index in [0.717, 1.165) is 10.4 Å². The van der Waals surface area contributed by atoms with Crippen molar-refractivity contribution < 1.29 is 19.2 Å². The van der Waals surface area contributed by atoms with Crippen LogP contribution in [0.4, 0.5) is 4.79 Å². The summed E-state index contributed by atoms with van der Waals surface area (Å²) in [5.74, 6) is -0.425. The summed E-state index contributed by atoms with van der Waals surface area (Å²) in [7, 11) is 1.33. The van der Waals surface area contributed by atoms with E-state index in [1.165, 1.54) is 28.4 Å². The maximum atomic E-state index is 12.4. The Morgan fingerprint density at radius 1 is 1.65 bits per heavy atom. The Morgan fingerprint density at radius 3 is 3.15 bits per heavy atom. The van der Waals surface area contributed by atoms with E-state index in [2.05, 4.69) is 6.58 Å². The van der Waals surface area contributed by atoms with Gasteiger partial charge in [-0.1, -0.05) is 6.08 Å². The maximum absolute atomic E-state index is 12.4. The molecule has 1 unspecified atom stereocenters. The first-order valence-electron chi connectivity index (χ1n) is 6.17. The number of esters is 1. The number of rotatable bonds is 4. The van der Waals surface area contributed by atoms with Gasteiger partial charge in [-0.2, -0.15) is 5.06 Å². The highest BCUT2D eigenvalue weighted by Crippen LogP contribution is 2.46. The number of methoxy groups -OCH3 is 1. The topological polar surface area (TPSA) is 59.1 Å². The molecule has 0 radical (unpaired) electrons. The predicted molar refractivity (Wildman–Crippen MR) is 71.9 cm³/mol. The zero-order valence-corrected chi connectivity index (χ0v) is 11.8. The number of carbonyl (C=O) groups is 2. The van der Waals surface area contributed by atoms with E-state index in [9.17, 15) is 9.59 Å². The molecule has 2 atom stereocenters. The van der Waals surface area contributed by atoms with Crippen molar-refractivity contribution in [1.82, 2.24) is 9.96 Å². The van der Waals surface area contributed by atoms with Crippen molar-refractivity contribution >= 4 is 23.3 Å². The van der Waals surface area contributed by atoms with E-state index in [4.69, 9.17) is 9.57 Å². The monoisotopic (exact) mass is 294 g/mol. The molecule has 106 valence electrons. The first kappa shape index (κ1) is 13.1. The second-order valence-corrected chi connectivity index (χ2v) is 5.47. The van der Waals surface area contributed by atoms with Gasteiger partial charge in [-0.05, 0) is 17.0 Å². The second-order valence-electron chi connectivity index (χ2n) is 4.53. The Kier molecular flexibility index (Phi) is 3.23. The lowest BCUT2D eigenvalue weighted by molar-refractivity contribution is -0.146. The van der Waals surface area contributed by atoms with E-state index in [1.807, 2.05) is 11.4 Å². The van der Waals surface area contributed by atoms with E-state index >= 15 is 0 Å². The van der Waals surface area contributed by atoms with Gasteiger partial charge in [-0.15, -0.1) is 17.9 Å². The zero-order valence-electron chi connectivity index (χ0n) is 10.9. The SMILES string of the molecule is C=CCON1C(=O)N2C[C@@H]1c1ccsc1C2C(=O)OC. The molecule has 2 amide bonds. The summed E-state index contributed by atoms with van der Waals surface area (Å²) in [5, 5.41) is 3.24. The Morgan fingerprint density at radius 2 is 2.45 bits per heavy atom. The molecule has 1 saturated heterocycles. The van der Waals surface area contributed by atoms with E-state index in [0.29, 0.717) is 6.54 Å². The van der Waals surface area contributed by atoms with Gasteiger partial charge >= 0.3 is 12.0 Å². The Labute approximate surface area is 120 Å². The van der Waals surface area contributed by atoms with Gasteiger partial charge in [-0.25, -0.2) is 9.59 Å². The minimum atomic E-state index is -0.670. The highest BCUT2D eigenvalue weighted by Gasteiger charge is 2.51. The van der Waals surface area contributed by atoms with Crippen molar-refractivity contribution in [3.05, 3.63) is 34.5 Å². The molecule has 1 aromatic rings.